The summed E-state index contributed by atoms with van der Waals surface area (Å²) in [6.07, 6.45) is 0. The van der Waals surface area contributed by atoms with Crippen LogP contribution < -0.4 is 0 Å². The molecule has 0 amide bonds. The van der Waals surface area contributed by atoms with E-state index in [1.165, 1.54) is 19.1 Å². The van der Waals surface area contributed by atoms with Gasteiger partial charge in [-0.1, -0.05) is 0 Å². The van der Waals surface area contributed by atoms with Gasteiger partial charge in [0.15, 0.2) is 0 Å². The third kappa shape index (κ3) is 4.84. The van der Waals surface area contributed by atoms with Crippen LogP contribution in [0.2, 0.25) is 0 Å². The van der Waals surface area contributed by atoms with E-state index >= 15 is 0 Å². The molecule has 197 valence electrons. The van der Waals surface area contributed by atoms with Gasteiger partial charge in [0.25, 0.3) is 0 Å². The summed E-state index contributed by atoms with van der Waals surface area (Å²) >= 11 is 0. The molecule has 2 aromatic rings. The van der Waals surface area contributed by atoms with Crippen molar-refractivity contribution in [2.45, 2.75) is 55.4 Å². The molecule has 0 spiro atoms. The molecule has 2 heterocycles. The number of aromatic nitrogens is 1. The van der Waals surface area contributed by atoms with Gasteiger partial charge in [0, 0.05) is 11.3 Å². The first-order valence-corrected chi connectivity index (χ1v) is 12.0. The Kier molecular flexibility index (Phi) is 8.10. The number of carbonyl (C=O) groups excluding carboxylic acids is 2. The fourth-order valence-electron chi connectivity index (χ4n) is 5.04. The molecule has 0 saturated carbocycles. The van der Waals surface area contributed by atoms with Crippen LogP contribution in [0.15, 0.2) is 34.0 Å². The number of phenolic OH excluding ortho intramolecular Hbond substituents is 1. The van der Waals surface area contributed by atoms with E-state index in [0.29, 0.717) is 44.8 Å². The normalized spacial score (nSPS) is 14.8. The van der Waals surface area contributed by atoms with Crippen LogP contribution in [0.3, 0.4) is 0 Å². The predicted octanol–water partition coefficient (Wildman–Crippen LogP) is 5.49. The lowest BCUT2D eigenvalue weighted by Crippen LogP contribution is -2.19. The standard InChI is InChI=1S/C27H31BF2N2O5/c1-9-36-26(34)21-15(5)24(31-17(21)7)23(20-13(3)11-19(33)12-14(20)4)25-16(6)22(27(35)37-10-2)18(8)32(25)28(29)30/h11-12,33H,9-10H2,1-8H3/q-1/b24-23-. The second-order valence-electron chi connectivity index (χ2n) is 8.90. The number of esters is 2. The van der Waals surface area contributed by atoms with Crippen molar-refractivity contribution < 1.29 is 32.8 Å². The summed E-state index contributed by atoms with van der Waals surface area (Å²) in [6.45, 7) is 13.5. The minimum absolute atomic E-state index is 0.0260. The predicted molar refractivity (Wildman–Crippen MR) is 139 cm³/mol. The highest BCUT2D eigenvalue weighted by Gasteiger charge is 2.33. The Bertz CT molecular complexity index is 1360. The Balaban J connectivity index is 2.57. The first-order valence-electron chi connectivity index (χ1n) is 12.0. The number of benzene rings is 1. The number of aryl methyl sites for hydroxylation is 2. The topological polar surface area (TPSA) is 90.1 Å². The Labute approximate surface area is 215 Å². The van der Waals surface area contributed by atoms with Crippen molar-refractivity contribution in [2.24, 2.45) is 4.99 Å². The molecular formula is C27H31BF2N2O5-. The number of allylic oxidation sites excluding steroid dienone is 1. The third-order valence-corrected chi connectivity index (χ3v) is 6.46. The van der Waals surface area contributed by atoms with E-state index in [9.17, 15) is 23.3 Å². The van der Waals surface area contributed by atoms with E-state index in [1.807, 2.05) is 0 Å². The van der Waals surface area contributed by atoms with Gasteiger partial charge in [-0.2, -0.15) is 0 Å². The fraction of sp³-hybridized carbons (Fsp3) is 0.370. The first kappa shape index (κ1) is 27.9. The van der Waals surface area contributed by atoms with Gasteiger partial charge in [-0.25, -0.2) is 9.59 Å². The van der Waals surface area contributed by atoms with Crippen molar-refractivity contribution in [2.75, 3.05) is 13.2 Å². The monoisotopic (exact) mass is 512 g/mol. The Hall–Kier alpha value is -3.69. The van der Waals surface area contributed by atoms with Crippen molar-refractivity contribution in [3.8, 4) is 5.75 Å². The molecule has 0 atom stereocenters. The van der Waals surface area contributed by atoms with Crippen molar-refractivity contribution in [3.05, 3.63) is 68.2 Å². The fourth-order valence-corrected chi connectivity index (χ4v) is 5.04. The summed E-state index contributed by atoms with van der Waals surface area (Å²) in [4.78, 5) is 30.2. The number of phenols is 1. The van der Waals surface area contributed by atoms with Crippen LogP contribution >= 0.6 is 0 Å². The summed E-state index contributed by atoms with van der Waals surface area (Å²) in [5, 5.41) is 10.2. The maximum Gasteiger partial charge on any atom is 0.341 e. The SMILES string of the molecule is CCOC(=O)C1=C(C)/C(=C(\c2c(C)cc(O)cc2C)c2c(C)c(C(=O)OCC)c(C)n2[B-](F)F)N=C1C. The highest BCUT2D eigenvalue weighted by molar-refractivity contribution is 6.42. The molecule has 0 saturated heterocycles. The number of carbonyl (C=O) groups is 2. The highest BCUT2D eigenvalue weighted by Crippen LogP contribution is 2.43. The lowest BCUT2D eigenvalue weighted by molar-refractivity contribution is -0.137. The van der Waals surface area contributed by atoms with Gasteiger partial charge in [-0.05, 0) is 101 Å². The molecule has 1 radical (unpaired) electrons. The van der Waals surface area contributed by atoms with Crippen LogP contribution in [-0.2, 0) is 14.3 Å². The minimum Gasteiger partial charge on any atom is -0.508 e. The molecule has 0 aliphatic carbocycles. The third-order valence-electron chi connectivity index (χ3n) is 6.46. The summed E-state index contributed by atoms with van der Waals surface area (Å²) in [7, 11) is -2.98. The number of ether oxygens (including phenoxy) is 2. The molecule has 0 bridgehead atoms. The van der Waals surface area contributed by atoms with Gasteiger partial charge in [-0.3, -0.25) is 4.99 Å². The lowest BCUT2D eigenvalue weighted by atomic mass is 9.87. The summed E-state index contributed by atoms with van der Waals surface area (Å²) in [6, 6.07) is 3.06. The average Bonchev–Trinajstić information content (AvgIpc) is 3.22. The Morgan fingerprint density at radius 3 is 2.00 bits per heavy atom. The van der Waals surface area contributed by atoms with E-state index in [4.69, 9.17) is 9.47 Å². The average molecular weight is 512 g/mol. The van der Waals surface area contributed by atoms with Crippen LogP contribution in [0.1, 0.15) is 71.7 Å². The molecule has 0 unspecified atom stereocenters. The molecule has 1 aromatic carbocycles. The zero-order valence-corrected chi connectivity index (χ0v) is 22.4. The van der Waals surface area contributed by atoms with Crippen molar-refractivity contribution >= 4 is 30.6 Å². The summed E-state index contributed by atoms with van der Waals surface area (Å²) in [5.74, 6) is -1.23. The van der Waals surface area contributed by atoms with Gasteiger partial charge in [0.1, 0.15) is 5.75 Å². The van der Waals surface area contributed by atoms with E-state index in [2.05, 4.69) is 4.99 Å². The largest absolute Gasteiger partial charge is 0.508 e. The zero-order chi connectivity index (χ0) is 27.8. The van der Waals surface area contributed by atoms with Crippen molar-refractivity contribution in [1.29, 1.82) is 0 Å². The number of hydrogen-bond donors (Lipinski definition) is 1. The number of hydrogen-bond acceptors (Lipinski definition) is 6. The molecular weight excluding hydrogens is 481 g/mol. The maximum atomic E-state index is 14.7. The molecule has 10 heteroatoms. The molecule has 7 nitrogen and oxygen atoms in total. The lowest BCUT2D eigenvalue weighted by Gasteiger charge is -2.25. The van der Waals surface area contributed by atoms with Crippen LogP contribution in [0, 0.1) is 27.7 Å². The molecule has 1 aliphatic rings. The minimum atomic E-state index is -2.98. The molecule has 0 fully saturated rings. The summed E-state index contributed by atoms with van der Waals surface area (Å²) in [5.41, 5.74) is 4.04. The molecule has 1 N–H and O–H groups in total. The molecule has 1 aromatic heterocycles. The number of halogens is 2. The van der Waals surface area contributed by atoms with E-state index < -0.39 is 19.3 Å². The van der Waals surface area contributed by atoms with Gasteiger partial charge in [0.05, 0.1) is 35.8 Å². The highest BCUT2D eigenvalue weighted by atomic mass is 19.2. The van der Waals surface area contributed by atoms with Crippen LogP contribution in [0.4, 0.5) is 8.63 Å². The first-order chi connectivity index (χ1) is 17.4. The van der Waals surface area contributed by atoms with Gasteiger partial charge in [-0.15, -0.1) is 0 Å². The Morgan fingerprint density at radius 1 is 0.946 bits per heavy atom. The van der Waals surface area contributed by atoms with Gasteiger partial charge >= 0.3 is 19.3 Å². The Morgan fingerprint density at radius 2 is 1.49 bits per heavy atom. The maximum absolute atomic E-state index is 14.7. The van der Waals surface area contributed by atoms with E-state index in [-0.39, 0.29) is 41.5 Å². The second-order valence-corrected chi connectivity index (χ2v) is 8.90. The quantitative estimate of drug-likeness (QED) is 0.392. The molecule has 3 rings (SSSR count). The summed E-state index contributed by atoms with van der Waals surface area (Å²) < 4.78 is 40.5. The van der Waals surface area contributed by atoms with Crippen LogP contribution in [-0.4, -0.2) is 47.9 Å². The number of rotatable bonds is 7. The van der Waals surface area contributed by atoms with Crippen LogP contribution in [0.25, 0.3) is 5.57 Å². The van der Waals surface area contributed by atoms with E-state index in [1.54, 1.807) is 48.5 Å². The smallest absolute Gasteiger partial charge is 0.341 e. The van der Waals surface area contributed by atoms with Gasteiger partial charge in [0.2, 0.25) is 0 Å². The number of aliphatic imine (C=N–C) groups is 1. The van der Waals surface area contributed by atoms with Gasteiger partial charge < -0.3 is 27.7 Å². The van der Waals surface area contributed by atoms with Crippen LogP contribution in [0.5, 0.6) is 5.75 Å². The number of aromatic hydroxyl groups is 1. The zero-order valence-electron chi connectivity index (χ0n) is 22.4. The van der Waals surface area contributed by atoms with Crippen molar-refractivity contribution in [3.63, 3.8) is 0 Å². The van der Waals surface area contributed by atoms with E-state index in [0.717, 1.165) is 4.48 Å². The van der Waals surface area contributed by atoms with Crippen molar-refractivity contribution in [1.82, 2.24) is 4.48 Å². The molecule has 37 heavy (non-hydrogen) atoms. The second kappa shape index (κ2) is 10.7. The number of nitrogens with zero attached hydrogens (tertiary/aromatic N) is 2. The molecule has 1 aliphatic heterocycles.